The quantitative estimate of drug-likeness (QED) is 0.803. The van der Waals surface area contributed by atoms with Crippen molar-refractivity contribution in [3.8, 4) is 0 Å². The summed E-state index contributed by atoms with van der Waals surface area (Å²) in [5, 5.41) is 3.43. The number of hydrogen-bond acceptors (Lipinski definition) is 3. The molecule has 0 saturated heterocycles. The van der Waals surface area contributed by atoms with Gasteiger partial charge in [0.25, 0.3) is 0 Å². The molecule has 0 spiro atoms. The normalized spacial score (nSPS) is 11.8. The lowest BCUT2D eigenvalue weighted by molar-refractivity contribution is 0.382. The van der Waals surface area contributed by atoms with Crippen LogP contribution in [0.4, 0.5) is 0 Å². The molecule has 20 heavy (non-hydrogen) atoms. The molecule has 2 nitrogen and oxygen atoms in total. The molecule has 0 radical (unpaired) electrons. The maximum absolute atomic E-state index is 5.86. The van der Waals surface area contributed by atoms with E-state index in [0.29, 0.717) is 0 Å². The van der Waals surface area contributed by atoms with Crippen LogP contribution in [0.25, 0.3) is 0 Å². The highest BCUT2D eigenvalue weighted by Gasteiger charge is 2.10. The van der Waals surface area contributed by atoms with Gasteiger partial charge in [-0.2, -0.15) is 0 Å². The summed E-state index contributed by atoms with van der Waals surface area (Å²) in [6.07, 6.45) is 0. The smallest absolute Gasteiger partial charge is 0.118 e. The fourth-order valence-corrected chi connectivity index (χ4v) is 2.74. The average molecular weight is 289 g/mol. The lowest BCUT2D eigenvalue weighted by Gasteiger charge is -2.19. The Morgan fingerprint density at radius 3 is 2.45 bits per heavy atom. The largest absolute Gasteiger partial charge is 0.464 e. The molecule has 0 saturated carbocycles. The topological polar surface area (TPSA) is 25.2 Å². The minimum absolute atomic E-state index is 0.114. The number of hydrogen-bond donors (Lipinski definition) is 1. The van der Waals surface area contributed by atoms with Crippen LogP contribution >= 0.6 is 11.8 Å². The molecular weight excluding hydrogens is 266 g/mol. The molecule has 0 atom stereocenters. The van der Waals surface area contributed by atoms with Gasteiger partial charge in [0.1, 0.15) is 11.5 Å². The van der Waals surface area contributed by atoms with E-state index < -0.39 is 0 Å². The molecule has 0 aliphatic carbocycles. The number of benzene rings is 1. The van der Waals surface area contributed by atoms with Gasteiger partial charge in [0.2, 0.25) is 0 Å². The van der Waals surface area contributed by atoms with Gasteiger partial charge in [-0.3, -0.25) is 0 Å². The van der Waals surface area contributed by atoms with Crippen molar-refractivity contribution in [1.29, 1.82) is 0 Å². The van der Waals surface area contributed by atoms with Crippen LogP contribution in [0, 0.1) is 6.92 Å². The molecule has 1 N–H and O–H groups in total. The van der Waals surface area contributed by atoms with Crippen molar-refractivity contribution < 1.29 is 4.42 Å². The first-order valence-corrected chi connectivity index (χ1v) is 7.94. The van der Waals surface area contributed by atoms with Gasteiger partial charge >= 0.3 is 0 Å². The van der Waals surface area contributed by atoms with Crippen LogP contribution in [-0.4, -0.2) is 5.54 Å². The highest BCUT2D eigenvalue weighted by molar-refractivity contribution is 7.98. The van der Waals surface area contributed by atoms with Crippen LogP contribution in [0.1, 0.15) is 37.9 Å². The molecule has 2 rings (SSSR count). The van der Waals surface area contributed by atoms with E-state index in [-0.39, 0.29) is 5.54 Å². The Hall–Kier alpha value is -1.19. The predicted molar refractivity (Wildman–Crippen MR) is 86.0 cm³/mol. The summed E-state index contributed by atoms with van der Waals surface area (Å²) in [5.74, 6) is 2.91. The van der Waals surface area contributed by atoms with Crippen LogP contribution in [-0.2, 0) is 12.3 Å². The summed E-state index contributed by atoms with van der Waals surface area (Å²) >= 11 is 1.82. The van der Waals surface area contributed by atoms with Crippen molar-refractivity contribution >= 4 is 11.8 Å². The third-order valence-electron chi connectivity index (χ3n) is 2.97. The Labute approximate surface area is 126 Å². The van der Waals surface area contributed by atoms with Crippen molar-refractivity contribution in [3.63, 3.8) is 0 Å². The SMILES string of the molecule is Cc1ccccc1SCc1ccc(CNC(C)(C)C)o1. The summed E-state index contributed by atoms with van der Waals surface area (Å²) in [5.41, 5.74) is 1.43. The first-order valence-electron chi connectivity index (χ1n) is 6.95. The minimum Gasteiger partial charge on any atom is -0.464 e. The van der Waals surface area contributed by atoms with Gasteiger partial charge in [-0.1, -0.05) is 18.2 Å². The lowest BCUT2D eigenvalue weighted by atomic mass is 10.1. The predicted octanol–water partition coefficient (Wildman–Crippen LogP) is 4.77. The number of nitrogens with one attached hydrogen (secondary N) is 1. The second-order valence-electron chi connectivity index (χ2n) is 6.03. The highest BCUT2D eigenvalue weighted by atomic mass is 32.2. The van der Waals surface area contributed by atoms with Gasteiger partial charge in [0, 0.05) is 10.4 Å². The minimum atomic E-state index is 0.114. The molecule has 0 fully saturated rings. The molecule has 3 heteroatoms. The van der Waals surface area contributed by atoms with Crippen molar-refractivity contribution in [2.45, 2.75) is 50.4 Å². The highest BCUT2D eigenvalue weighted by Crippen LogP contribution is 2.26. The number of thioether (sulfide) groups is 1. The summed E-state index contributed by atoms with van der Waals surface area (Å²) in [6.45, 7) is 9.39. The summed E-state index contributed by atoms with van der Waals surface area (Å²) in [6, 6.07) is 12.6. The van der Waals surface area contributed by atoms with E-state index in [4.69, 9.17) is 4.42 Å². The van der Waals surface area contributed by atoms with Crippen molar-refractivity contribution in [3.05, 3.63) is 53.5 Å². The monoisotopic (exact) mass is 289 g/mol. The summed E-state index contributed by atoms with van der Waals surface area (Å²) in [4.78, 5) is 1.32. The van der Waals surface area contributed by atoms with Crippen LogP contribution in [0.3, 0.4) is 0 Å². The average Bonchev–Trinajstić information content (AvgIpc) is 2.83. The third-order valence-corrected chi connectivity index (χ3v) is 4.17. The van der Waals surface area contributed by atoms with E-state index in [0.717, 1.165) is 23.8 Å². The van der Waals surface area contributed by atoms with Crippen LogP contribution in [0.15, 0.2) is 45.7 Å². The Morgan fingerprint density at radius 2 is 1.75 bits per heavy atom. The van der Waals surface area contributed by atoms with Gasteiger partial charge in [-0.15, -0.1) is 11.8 Å². The first kappa shape index (κ1) is 15.2. The van der Waals surface area contributed by atoms with Crippen molar-refractivity contribution in [2.75, 3.05) is 0 Å². The summed E-state index contributed by atoms with van der Waals surface area (Å²) < 4.78 is 5.86. The Balaban J connectivity index is 1.89. The molecular formula is C17H23NOS. The van der Waals surface area contributed by atoms with E-state index in [1.807, 2.05) is 11.8 Å². The number of aryl methyl sites for hydroxylation is 1. The standard InChI is InChI=1S/C17H23NOS/c1-13-7-5-6-8-16(13)20-12-15-10-9-14(19-15)11-18-17(2,3)4/h5-10,18H,11-12H2,1-4H3. The molecule has 0 bridgehead atoms. The Bertz CT molecular complexity index is 554. The molecule has 1 heterocycles. The zero-order valence-corrected chi connectivity index (χ0v) is 13.5. The van der Waals surface area contributed by atoms with Gasteiger partial charge in [-0.05, 0) is 51.5 Å². The third kappa shape index (κ3) is 4.73. The first-order chi connectivity index (χ1) is 9.44. The molecule has 2 aromatic rings. The number of furan rings is 1. The Kier molecular flexibility index (Phi) is 4.95. The fraction of sp³-hybridized carbons (Fsp3) is 0.412. The molecule has 108 valence electrons. The maximum Gasteiger partial charge on any atom is 0.118 e. The fourth-order valence-electron chi connectivity index (χ4n) is 1.81. The molecule has 1 aromatic carbocycles. The van der Waals surface area contributed by atoms with E-state index in [9.17, 15) is 0 Å². The zero-order chi connectivity index (χ0) is 14.6. The van der Waals surface area contributed by atoms with E-state index in [2.05, 4.69) is 69.4 Å². The van der Waals surface area contributed by atoms with E-state index in [1.54, 1.807) is 0 Å². The number of rotatable bonds is 5. The van der Waals surface area contributed by atoms with Gasteiger partial charge < -0.3 is 9.73 Å². The van der Waals surface area contributed by atoms with Crippen LogP contribution in [0.2, 0.25) is 0 Å². The van der Waals surface area contributed by atoms with Gasteiger partial charge in [0.15, 0.2) is 0 Å². The molecule has 0 aliphatic heterocycles. The molecule has 1 aromatic heterocycles. The van der Waals surface area contributed by atoms with E-state index in [1.165, 1.54) is 10.5 Å². The Morgan fingerprint density at radius 1 is 1.05 bits per heavy atom. The van der Waals surface area contributed by atoms with E-state index >= 15 is 0 Å². The summed E-state index contributed by atoms with van der Waals surface area (Å²) in [7, 11) is 0. The molecule has 0 aliphatic rings. The maximum atomic E-state index is 5.86. The molecule has 0 amide bonds. The van der Waals surface area contributed by atoms with Gasteiger partial charge in [-0.25, -0.2) is 0 Å². The van der Waals surface area contributed by atoms with Gasteiger partial charge in [0.05, 0.1) is 12.3 Å². The zero-order valence-electron chi connectivity index (χ0n) is 12.7. The van der Waals surface area contributed by atoms with Crippen molar-refractivity contribution in [2.24, 2.45) is 0 Å². The second kappa shape index (κ2) is 6.51. The lowest BCUT2D eigenvalue weighted by Crippen LogP contribution is -2.34. The van der Waals surface area contributed by atoms with Crippen LogP contribution < -0.4 is 5.32 Å². The van der Waals surface area contributed by atoms with Crippen molar-refractivity contribution in [1.82, 2.24) is 5.32 Å². The molecule has 0 unspecified atom stereocenters. The van der Waals surface area contributed by atoms with Crippen LogP contribution in [0.5, 0.6) is 0 Å². The second-order valence-corrected chi connectivity index (χ2v) is 7.04.